The van der Waals surface area contributed by atoms with Crippen molar-refractivity contribution in [1.29, 1.82) is 0 Å². The molecule has 0 amide bonds. The molecule has 0 nitrogen and oxygen atoms in total. The summed E-state index contributed by atoms with van der Waals surface area (Å²) < 4.78 is 0. The van der Waals surface area contributed by atoms with Gasteiger partial charge in [0.15, 0.2) is 0 Å². The molecule has 0 heterocycles. The van der Waals surface area contributed by atoms with Crippen molar-refractivity contribution in [3.05, 3.63) is 24.3 Å². The SMILES string of the molecule is CC[Si](CC)(CC)[c-]1cccc1.[Li+]. The van der Waals surface area contributed by atoms with Crippen LogP contribution in [0.3, 0.4) is 0 Å². The first-order valence-corrected chi connectivity index (χ1v) is 7.63. The molecule has 13 heavy (non-hydrogen) atoms. The molecule has 0 aliphatic carbocycles. The van der Waals surface area contributed by atoms with Crippen LogP contribution in [0.1, 0.15) is 20.8 Å². The molecule has 0 saturated carbocycles. The third kappa shape index (κ3) is 2.56. The molecule has 0 radical (unpaired) electrons. The van der Waals surface area contributed by atoms with Gasteiger partial charge in [0.25, 0.3) is 0 Å². The number of rotatable bonds is 4. The second-order valence-corrected chi connectivity index (χ2v) is 8.77. The quantitative estimate of drug-likeness (QED) is 0.463. The Morgan fingerprint density at radius 2 is 1.31 bits per heavy atom. The first kappa shape index (κ1) is 13.2. The second kappa shape index (κ2) is 5.80. The molecule has 1 aromatic carbocycles. The zero-order chi connectivity index (χ0) is 9.03. The molecule has 0 unspecified atom stereocenters. The summed E-state index contributed by atoms with van der Waals surface area (Å²) in [5.41, 5.74) is 0. The molecule has 0 aromatic heterocycles. The summed E-state index contributed by atoms with van der Waals surface area (Å²) in [6, 6.07) is 13.2. The van der Waals surface area contributed by atoms with Crippen molar-refractivity contribution in [2.24, 2.45) is 0 Å². The Hall–Kier alpha value is 0.164. The minimum Gasteiger partial charge on any atom is -0.214 e. The van der Waals surface area contributed by atoms with Crippen molar-refractivity contribution in [3.63, 3.8) is 0 Å². The molecule has 0 aliphatic heterocycles. The number of hydrogen-bond acceptors (Lipinski definition) is 0. The summed E-state index contributed by atoms with van der Waals surface area (Å²) in [6.45, 7) is 7.06. The molecule has 0 fully saturated rings. The van der Waals surface area contributed by atoms with E-state index in [9.17, 15) is 0 Å². The fraction of sp³-hybridized carbons (Fsp3) is 0.545. The van der Waals surface area contributed by atoms with Crippen LogP contribution in [0.5, 0.6) is 0 Å². The van der Waals surface area contributed by atoms with Crippen LogP contribution in [-0.4, -0.2) is 8.07 Å². The standard InChI is InChI=1S/C11H19Si.Li/c1-4-12(5-2,6-3)11-9-7-8-10-11;/h7-10H,4-6H2,1-3H3;/q-1;+1. The maximum Gasteiger partial charge on any atom is 1.00 e. The van der Waals surface area contributed by atoms with Crippen LogP contribution in [0.15, 0.2) is 24.3 Å². The van der Waals surface area contributed by atoms with Gasteiger partial charge in [0, 0.05) is 8.07 Å². The van der Waals surface area contributed by atoms with Crippen molar-refractivity contribution in [2.75, 3.05) is 0 Å². The van der Waals surface area contributed by atoms with Gasteiger partial charge in [-0.05, 0) is 0 Å². The first-order valence-electron chi connectivity index (χ1n) is 5.01. The maximum absolute atomic E-state index is 2.35. The Labute approximate surface area is 95.3 Å². The van der Waals surface area contributed by atoms with Crippen LogP contribution < -0.4 is 24.0 Å². The van der Waals surface area contributed by atoms with Gasteiger partial charge in [0.1, 0.15) is 0 Å². The summed E-state index contributed by atoms with van der Waals surface area (Å²) in [6.07, 6.45) is 0. The van der Waals surface area contributed by atoms with Gasteiger partial charge in [0.2, 0.25) is 0 Å². The van der Waals surface area contributed by atoms with E-state index in [-0.39, 0.29) is 18.9 Å². The van der Waals surface area contributed by atoms with Crippen LogP contribution in [0.25, 0.3) is 0 Å². The van der Waals surface area contributed by atoms with Gasteiger partial charge in [0.05, 0.1) is 0 Å². The minimum absolute atomic E-state index is 0. The topological polar surface area (TPSA) is 0 Å². The third-order valence-corrected chi connectivity index (χ3v) is 8.92. The maximum atomic E-state index is 2.35. The summed E-state index contributed by atoms with van der Waals surface area (Å²) in [5, 5.41) is 1.66. The van der Waals surface area contributed by atoms with Crippen LogP contribution >= 0.6 is 0 Å². The van der Waals surface area contributed by atoms with Crippen LogP contribution in [-0.2, 0) is 0 Å². The van der Waals surface area contributed by atoms with E-state index in [2.05, 4.69) is 45.0 Å². The van der Waals surface area contributed by atoms with Crippen LogP contribution in [0, 0.1) is 0 Å². The van der Waals surface area contributed by atoms with E-state index in [0.29, 0.717) is 0 Å². The Balaban J connectivity index is 0.00000144. The van der Waals surface area contributed by atoms with Crippen molar-refractivity contribution >= 4 is 13.3 Å². The van der Waals surface area contributed by atoms with E-state index >= 15 is 0 Å². The van der Waals surface area contributed by atoms with E-state index in [1.165, 1.54) is 18.1 Å². The molecule has 2 heteroatoms. The molecular formula is C11H19LiSi. The Kier molecular flexibility index (Phi) is 5.88. The van der Waals surface area contributed by atoms with Gasteiger partial charge < -0.3 is 0 Å². The predicted octanol–water partition coefficient (Wildman–Crippen LogP) is 0.125. The molecule has 0 spiro atoms. The summed E-state index contributed by atoms with van der Waals surface area (Å²) >= 11 is 0. The van der Waals surface area contributed by atoms with Gasteiger partial charge in [-0.2, -0.15) is 17.3 Å². The largest absolute Gasteiger partial charge is 1.00 e. The second-order valence-electron chi connectivity index (χ2n) is 3.51. The molecule has 0 bridgehead atoms. The normalized spacial score (nSPS) is 11.0. The zero-order valence-electron chi connectivity index (χ0n) is 9.43. The minimum atomic E-state index is -1.04. The Morgan fingerprint density at radius 3 is 1.62 bits per heavy atom. The van der Waals surface area contributed by atoms with Gasteiger partial charge in [-0.25, -0.2) is 12.1 Å². The monoisotopic (exact) mass is 186 g/mol. The molecule has 68 valence electrons. The summed E-state index contributed by atoms with van der Waals surface area (Å²) in [4.78, 5) is 0. The van der Waals surface area contributed by atoms with Gasteiger partial charge in [-0.3, -0.25) is 0 Å². The molecule has 1 rings (SSSR count). The molecular weight excluding hydrogens is 167 g/mol. The average molecular weight is 186 g/mol. The summed E-state index contributed by atoms with van der Waals surface area (Å²) in [5.74, 6) is 0. The number of hydrogen-bond donors (Lipinski definition) is 0. The summed E-state index contributed by atoms with van der Waals surface area (Å²) in [7, 11) is -1.04. The van der Waals surface area contributed by atoms with Crippen molar-refractivity contribution in [3.8, 4) is 0 Å². The van der Waals surface area contributed by atoms with E-state index in [0.717, 1.165) is 0 Å². The van der Waals surface area contributed by atoms with Gasteiger partial charge in [-0.1, -0.05) is 38.9 Å². The molecule has 0 atom stereocenters. The van der Waals surface area contributed by atoms with E-state index < -0.39 is 8.07 Å². The molecule has 1 aromatic rings. The van der Waals surface area contributed by atoms with Gasteiger partial charge >= 0.3 is 18.9 Å². The fourth-order valence-electron chi connectivity index (χ4n) is 2.09. The molecule has 0 aliphatic rings. The smallest absolute Gasteiger partial charge is 0.214 e. The van der Waals surface area contributed by atoms with E-state index in [1.807, 2.05) is 0 Å². The molecule has 0 N–H and O–H groups in total. The van der Waals surface area contributed by atoms with Crippen molar-refractivity contribution < 1.29 is 18.9 Å². The van der Waals surface area contributed by atoms with Gasteiger partial charge in [-0.15, -0.1) is 0 Å². The Morgan fingerprint density at radius 1 is 0.923 bits per heavy atom. The van der Waals surface area contributed by atoms with E-state index in [4.69, 9.17) is 0 Å². The first-order chi connectivity index (χ1) is 5.79. The van der Waals surface area contributed by atoms with E-state index in [1.54, 1.807) is 5.19 Å². The average Bonchev–Trinajstić information content (AvgIpc) is 2.62. The van der Waals surface area contributed by atoms with Crippen molar-refractivity contribution in [2.45, 2.75) is 38.9 Å². The van der Waals surface area contributed by atoms with Crippen molar-refractivity contribution in [1.82, 2.24) is 0 Å². The predicted molar refractivity (Wildman–Crippen MR) is 58.9 cm³/mol. The zero-order valence-corrected chi connectivity index (χ0v) is 10.4. The van der Waals surface area contributed by atoms with Crippen LogP contribution in [0.4, 0.5) is 0 Å². The molecule has 0 saturated heterocycles. The Bertz CT molecular complexity index is 204. The van der Waals surface area contributed by atoms with Crippen LogP contribution in [0.2, 0.25) is 18.1 Å². The third-order valence-electron chi connectivity index (χ3n) is 3.31. The fourth-order valence-corrected chi connectivity index (χ4v) is 5.71.